The number of thiazole rings is 1. The number of benzene rings is 1. The summed E-state index contributed by atoms with van der Waals surface area (Å²) in [5.41, 5.74) is 1.33. The van der Waals surface area contributed by atoms with Gasteiger partial charge in [-0.15, -0.1) is 11.3 Å². The van der Waals surface area contributed by atoms with Gasteiger partial charge in [0.05, 0.1) is 10.2 Å². The van der Waals surface area contributed by atoms with E-state index in [9.17, 15) is 4.39 Å². The molecule has 1 aromatic carbocycles. The van der Waals surface area contributed by atoms with Gasteiger partial charge in [-0.25, -0.2) is 9.37 Å². The zero-order chi connectivity index (χ0) is 13.3. The molecule has 0 aliphatic heterocycles. The largest absolute Gasteiger partial charge is 0.241 e. The van der Waals surface area contributed by atoms with Gasteiger partial charge in [-0.05, 0) is 74.5 Å². The molecule has 0 unspecified atom stereocenters. The van der Waals surface area contributed by atoms with Gasteiger partial charge in [0.2, 0.25) is 0 Å². The van der Waals surface area contributed by atoms with E-state index in [4.69, 9.17) is 4.98 Å². The molecule has 6 rings (SSSR count). The summed E-state index contributed by atoms with van der Waals surface area (Å²) in [6.07, 6.45) is 8.38. The Bertz CT molecular complexity index is 654. The Kier molecular flexibility index (Phi) is 2.23. The first-order valence-corrected chi connectivity index (χ1v) is 8.58. The predicted molar refractivity (Wildman–Crippen MR) is 79.4 cm³/mol. The van der Waals surface area contributed by atoms with Crippen LogP contribution in [-0.2, 0) is 5.41 Å². The lowest BCUT2D eigenvalue weighted by molar-refractivity contribution is -0.00518. The fourth-order valence-electron chi connectivity index (χ4n) is 5.50. The van der Waals surface area contributed by atoms with E-state index in [2.05, 4.69) is 0 Å². The Morgan fingerprint density at radius 3 is 2.35 bits per heavy atom. The van der Waals surface area contributed by atoms with E-state index < -0.39 is 0 Å². The summed E-state index contributed by atoms with van der Waals surface area (Å²) in [6.45, 7) is 0. The molecule has 1 aromatic heterocycles. The first-order valence-electron chi connectivity index (χ1n) is 7.77. The van der Waals surface area contributed by atoms with E-state index in [1.807, 2.05) is 6.07 Å². The highest BCUT2D eigenvalue weighted by molar-refractivity contribution is 7.18. The molecule has 4 fully saturated rings. The molecule has 2 aromatic rings. The summed E-state index contributed by atoms with van der Waals surface area (Å²) in [4.78, 5) is 4.90. The van der Waals surface area contributed by atoms with E-state index in [0.717, 1.165) is 28.0 Å². The van der Waals surface area contributed by atoms with Crippen LogP contribution >= 0.6 is 11.3 Å². The van der Waals surface area contributed by atoms with Gasteiger partial charge in [0, 0.05) is 5.41 Å². The van der Waals surface area contributed by atoms with Crippen molar-refractivity contribution in [2.45, 2.75) is 43.9 Å². The zero-order valence-electron chi connectivity index (χ0n) is 11.4. The average molecular weight is 287 g/mol. The highest BCUT2D eigenvalue weighted by atomic mass is 32.1. The molecular weight excluding hydrogens is 269 g/mol. The molecule has 0 radical (unpaired) electrons. The van der Waals surface area contributed by atoms with Crippen molar-refractivity contribution in [1.82, 2.24) is 4.98 Å². The molecule has 0 atom stereocenters. The summed E-state index contributed by atoms with van der Waals surface area (Å²) in [5, 5.41) is 1.30. The topological polar surface area (TPSA) is 12.9 Å². The fraction of sp³-hybridized carbons (Fsp3) is 0.588. The van der Waals surface area contributed by atoms with Crippen molar-refractivity contribution in [1.29, 1.82) is 0 Å². The van der Waals surface area contributed by atoms with E-state index in [-0.39, 0.29) is 5.82 Å². The third kappa shape index (κ3) is 1.56. The lowest BCUT2D eigenvalue weighted by Crippen LogP contribution is -2.48. The van der Waals surface area contributed by atoms with Crippen molar-refractivity contribution in [2.24, 2.45) is 17.8 Å². The minimum Gasteiger partial charge on any atom is -0.241 e. The number of nitrogens with zero attached hydrogens (tertiary/aromatic N) is 1. The number of halogens is 1. The molecule has 3 heteroatoms. The molecule has 20 heavy (non-hydrogen) atoms. The molecule has 4 aliphatic rings. The van der Waals surface area contributed by atoms with E-state index in [1.54, 1.807) is 17.4 Å². The minimum atomic E-state index is -0.141. The first-order chi connectivity index (χ1) is 9.70. The zero-order valence-corrected chi connectivity index (χ0v) is 12.3. The minimum absolute atomic E-state index is 0.141. The summed E-state index contributed by atoms with van der Waals surface area (Å²) >= 11 is 1.75. The van der Waals surface area contributed by atoms with Crippen LogP contribution in [0.5, 0.6) is 0 Å². The smallest absolute Gasteiger partial charge is 0.124 e. The molecule has 1 heterocycles. The van der Waals surface area contributed by atoms with Gasteiger partial charge in [0.15, 0.2) is 0 Å². The lowest BCUT2D eigenvalue weighted by Gasteiger charge is -2.56. The maximum absolute atomic E-state index is 13.4. The second kappa shape index (κ2) is 3.82. The molecule has 4 saturated carbocycles. The van der Waals surface area contributed by atoms with Gasteiger partial charge >= 0.3 is 0 Å². The van der Waals surface area contributed by atoms with Crippen molar-refractivity contribution >= 4 is 21.6 Å². The van der Waals surface area contributed by atoms with Crippen molar-refractivity contribution in [2.75, 3.05) is 0 Å². The molecule has 0 spiro atoms. The Labute approximate surface area is 122 Å². The Morgan fingerprint density at radius 2 is 1.70 bits per heavy atom. The predicted octanol–water partition coefficient (Wildman–Crippen LogP) is 4.90. The Balaban J connectivity index is 1.63. The van der Waals surface area contributed by atoms with Crippen LogP contribution in [0.3, 0.4) is 0 Å². The number of hydrogen-bond donors (Lipinski definition) is 0. The molecular formula is C17H18FNS. The molecule has 104 valence electrons. The van der Waals surface area contributed by atoms with E-state index in [1.165, 1.54) is 49.6 Å². The number of aromatic nitrogens is 1. The third-order valence-electron chi connectivity index (χ3n) is 5.84. The van der Waals surface area contributed by atoms with Crippen molar-refractivity contribution in [3.05, 3.63) is 29.0 Å². The number of hydrogen-bond acceptors (Lipinski definition) is 2. The van der Waals surface area contributed by atoms with Crippen LogP contribution in [0.4, 0.5) is 4.39 Å². The molecule has 0 N–H and O–H groups in total. The molecule has 0 saturated heterocycles. The maximum Gasteiger partial charge on any atom is 0.124 e. The monoisotopic (exact) mass is 287 g/mol. The SMILES string of the molecule is Fc1ccc2nc(C34CC5CC(CC(C5)C3)C4)sc2c1. The van der Waals surface area contributed by atoms with Crippen LogP contribution in [0.15, 0.2) is 18.2 Å². The van der Waals surface area contributed by atoms with Crippen molar-refractivity contribution < 1.29 is 4.39 Å². The fourth-order valence-corrected chi connectivity index (χ4v) is 6.71. The van der Waals surface area contributed by atoms with Crippen LogP contribution < -0.4 is 0 Å². The van der Waals surface area contributed by atoms with Gasteiger partial charge in [-0.3, -0.25) is 0 Å². The average Bonchev–Trinajstić information content (AvgIpc) is 2.80. The van der Waals surface area contributed by atoms with E-state index in [0.29, 0.717) is 5.41 Å². The number of fused-ring (bicyclic) bond motifs is 1. The maximum atomic E-state index is 13.4. The number of rotatable bonds is 1. The van der Waals surface area contributed by atoms with Gasteiger partial charge in [-0.2, -0.15) is 0 Å². The normalized spacial score (nSPS) is 38.8. The van der Waals surface area contributed by atoms with Crippen molar-refractivity contribution in [3.8, 4) is 0 Å². The van der Waals surface area contributed by atoms with Crippen molar-refractivity contribution in [3.63, 3.8) is 0 Å². The van der Waals surface area contributed by atoms with Crippen LogP contribution in [0.2, 0.25) is 0 Å². The summed E-state index contributed by atoms with van der Waals surface area (Å²) in [5.74, 6) is 2.67. The molecule has 4 aliphatic carbocycles. The Morgan fingerprint density at radius 1 is 1.05 bits per heavy atom. The molecule has 0 amide bonds. The summed E-state index contributed by atoms with van der Waals surface area (Å²) in [7, 11) is 0. The van der Waals surface area contributed by atoms with E-state index >= 15 is 0 Å². The highest BCUT2D eigenvalue weighted by Gasteiger charge is 2.52. The van der Waals surface area contributed by atoms with Gasteiger partial charge in [0.1, 0.15) is 10.8 Å². The summed E-state index contributed by atoms with van der Waals surface area (Å²) in [6, 6.07) is 5.02. The quantitative estimate of drug-likeness (QED) is 0.726. The van der Waals surface area contributed by atoms with Gasteiger partial charge < -0.3 is 0 Å². The second-order valence-corrected chi connectivity index (χ2v) is 8.36. The second-order valence-electron chi connectivity index (χ2n) is 7.33. The van der Waals surface area contributed by atoms with Gasteiger partial charge in [-0.1, -0.05) is 0 Å². The van der Waals surface area contributed by atoms with Crippen LogP contribution in [0.1, 0.15) is 43.5 Å². The third-order valence-corrected chi connectivity index (χ3v) is 7.11. The van der Waals surface area contributed by atoms with Crippen LogP contribution in [0, 0.1) is 23.6 Å². The van der Waals surface area contributed by atoms with Gasteiger partial charge in [0.25, 0.3) is 0 Å². The standard InChI is InChI=1S/C17H18FNS/c18-13-1-2-14-15(6-13)20-16(19-14)17-7-10-3-11(8-17)5-12(4-10)9-17/h1-2,6,10-12H,3-5,7-9H2. The first kappa shape index (κ1) is 11.7. The molecule has 4 bridgehead atoms. The highest BCUT2D eigenvalue weighted by Crippen LogP contribution is 2.61. The van der Waals surface area contributed by atoms with Crippen LogP contribution in [-0.4, -0.2) is 4.98 Å². The summed E-state index contributed by atoms with van der Waals surface area (Å²) < 4.78 is 14.4. The molecule has 1 nitrogen and oxygen atoms in total. The Hall–Kier alpha value is -0.960. The lowest BCUT2D eigenvalue weighted by atomic mass is 9.50. The van der Waals surface area contributed by atoms with Crippen LogP contribution in [0.25, 0.3) is 10.2 Å².